The number of nitrogens with zero attached hydrogens (tertiary/aromatic N) is 1. The maximum atomic E-state index is 11.4. The van der Waals surface area contributed by atoms with Crippen molar-refractivity contribution in [3.63, 3.8) is 0 Å². The van der Waals surface area contributed by atoms with Gasteiger partial charge in [-0.2, -0.15) is 0 Å². The Hall–Kier alpha value is -1.17. The van der Waals surface area contributed by atoms with Crippen LogP contribution in [-0.4, -0.2) is 49.1 Å². The Balaban J connectivity index is 2.94. The lowest BCUT2D eigenvalue weighted by atomic mass is 10.0. The molecular formula is C14H20Cl2N2O3. The summed E-state index contributed by atoms with van der Waals surface area (Å²) in [6.07, 6.45) is 0.329. The number of methoxy groups -OCH3 is 1. The van der Waals surface area contributed by atoms with Crippen molar-refractivity contribution in [1.82, 2.24) is 0 Å². The summed E-state index contributed by atoms with van der Waals surface area (Å²) in [6.45, 7) is 1.13. The van der Waals surface area contributed by atoms with E-state index in [2.05, 4.69) is 4.74 Å². The molecule has 0 aromatic heterocycles. The molecule has 0 aliphatic heterocycles. The van der Waals surface area contributed by atoms with E-state index in [-0.39, 0.29) is 5.75 Å². The first-order valence-electron chi connectivity index (χ1n) is 6.55. The lowest BCUT2D eigenvalue weighted by Gasteiger charge is -2.24. The number of nitrogens with two attached hydrogens (primary N) is 1. The minimum absolute atomic E-state index is 0.139. The summed E-state index contributed by atoms with van der Waals surface area (Å²) < 4.78 is 4.60. The molecule has 7 heteroatoms. The zero-order chi connectivity index (χ0) is 15.8. The Morgan fingerprint density at radius 1 is 1.38 bits per heavy atom. The first-order chi connectivity index (χ1) is 10.0. The second-order valence-corrected chi connectivity index (χ2v) is 5.28. The zero-order valence-electron chi connectivity index (χ0n) is 11.9. The van der Waals surface area contributed by atoms with Crippen LogP contribution >= 0.6 is 23.2 Å². The lowest BCUT2D eigenvalue weighted by molar-refractivity contribution is -0.142. The molecule has 1 aromatic rings. The van der Waals surface area contributed by atoms with Crippen LogP contribution in [0.2, 0.25) is 0 Å². The third-order valence-electron chi connectivity index (χ3n) is 3.05. The first kappa shape index (κ1) is 17.9. The van der Waals surface area contributed by atoms with Crippen molar-refractivity contribution in [3.05, 3.63) is 23.8 Å². The number of halogens is 2. The third-order valence-corrected chi connectivity index (χ3v) is 3.39. The van der Waals surface area contributed by atoms with Gasteiger partial charge in [0.05, 0.1) is 12.8 Å². The molecule has 0 bridgehead atoms. The molecule has 21 heavy (non-hydrogen) atoms. The van der Waals surface area contributed by atoms with E-state index < -0.39 is 12.0 Å². The van der Waals surface area contributed by atoms with E-state index in [9.17, 15) is 9.90 Å². The molecule has 3 N–H and O–H groups in total. The molecule has 0 saturated heterocycles. The first-order valence-corrected chi connectivity index (χ1v) is 7.62. The normalized spacial score (nSPS) is 12.0. The number of phenols is 1. The van der Waals surface area contributed by atoms with E-state index in [1.807, 2.05) is 4.90 Å². The number of carbonyl (C=O) groups excluding carboxylic acids is 1. The monoisotopic (exact) mass is 334 g/mol. The number of aromatic hydroxyl groups is 1. The highest BCUT2D eigenvalue weighted by Gasteiger charge is 2.16. The number of carbonyl (C=O) groups is 1. The molecule has 0 saturated carbocycles. The summed E-state index contributed by atoms with van der Waals surface area (Å²) in [5.41, 5.74) is 7.21. The Labute approximate surface area is 134 Å². The molecule has 1 atom stereocenters. The van der Waals surface area contributed by atoms with E-state index in [4.69, 9.17) is 28.9 Å². The van der Waals surface area contributed by atoms with Crippen LogP contribution in [0, 0.1) is 0 Å². The number of ether oxygens (including phenoxy) is 1. The predicted octanol–water partition coefficient (Wildman–Crippen LogP) is 1.72. The van der Waals surface area contributed by atoms with Gasteiger partial charge in [0.2, 0.25) is 0 Å². The number of alkyl halides is 2. The van der Waals surface area contributed by atoms with Crippen LogP contribution in [-0.2, 0) is 16.0 Å². The molecule has 0 heterocycles. The molecule has 0 radical (unpaired) electrons. The van der Waals surface area contributed by atoms with Crippen molar-refractivity contribution in [3.8, 4) is 5.75 Å². The van der Waals surface area contributed by atoms with Crippen LogP contribution < -0.4 is 10.6 Å². The Kier molecular flexibility index (Phi) is 7.64. The van der Waals surface area contributed by atoms with Crippen LogP contribution in [0.25, 0.3) is 0 Å². The largest absolute Gasteiger partial charge is 0.506 e. The maximum Gasteiger partial charge on any atom is 0.322 e. The molecule has 0 aliphatic rings. The highest BCUT2D eigenvalue weighted by molar-refractivity contribution is 6.18. The van der Waals surface area contributed by atoms with Gasteiger partial charge < -0.3 is 20.5 Å². The molecule has 1 aromatic carbocycles. The summed E-state index contributed by atoms with van der Waals surface area (Å²) in [5, 5.41) is 10.00. The second kappa shape index (κ2) is 8.97. The van der Waals surface area contributed by atoms with E-state index in [0.717, 1.165) is 5.56 Å². The standard InChI is InChI=1S/C14H20Cl2N2O3/c1-21-14(20)11(17)8-10-2-3-13(19)12(9-10)18(6-4-15)7-5-16/h2-3,9,11,19H,4-8,17H2,1H3/t11-/m0/s1. The fraction of sp³-hybridized carbons (Fsp3) is 0.500. The Bertz CT molecular complexity index is 466. The second-order valence-electron chi connectivity index (χ2n) is 4.52. The summed E-state index contributed by atoms with van der Waals surface area (Å²) >= 11 is 11.5. The number of phenolic OH excluding ortho intramolecular Hbond substituents is 1. The molecule has 118 valence electrons. The molecular weight excluding hydrogens is 315 g/mol. The number of benzene rings is 1. The van der Waals surface area contributed by atoms with Crippen molar-refractivity contribution in [2.75, 3.05) is 36.9 Å². The Morgan fingerprint density at radius 2 is 2.00 bits per heavy atom. The summed E-state index contributed by atoms with van der Waals surface area (Å²) in [4.78, 5) is 13.3. The van der Waals surface area contributed by atoms with Crippen molar-refractivity contribution in [1.29, 1.82) is 0 Å². The molecule has 1 rings (SSSR count). The van der Waals surface area contributed by atoms with Crippen molar-refractivity contribution in [2.24, 2.45) is 5.73 Å². The van der Waals surface area contributed by atoms with E-state index in [0.29, 0.717) is 37.0 Å². The average Bonchev–Trinajstić information content (AvgIpc) is 2.48. The fourth-order valence-corrected chi connectivity index (χ4v) is 2.40. The summed E-state index contributed by atoms with van der Waals surface area (Å²) in [6, 6.07) is 4.35. The molecule has 0 aliphatic carbocycles. The van der Waals surface area contributed by atoms with Gasteiger partial charge in [-0.15, -0.1) is 23.2 Å². The van der Waals surface area contributed by atoms with Gasteiger partial charge in [-0.05, 0) is 24.1 Å². The molecule has 5 nitrogen and oxygen atoms in total. The zero-order valence-corrected chi connectivity index (χ0v) is 13.4. The van der Waals surface area contributed by atoms with Gasteiger partial charge in [0.25, 0.3) is 0 Å². The molecule has 0 unspecified atom stereocenters. The smallest absolute Gasteiger partial charge is 0.322 e. The average molecular weight is 335 g/mol. The highest BCUT2D eigenvalue weighted by atomic mass is 35.5. The van der Waals surface area contributed by atoms with Gasteiger partial charge in [-0.25, -0.2) is 0 Å². The number of hydrogen-bond donors (Lipinski definition) is 2. The van der Waals surface area contributed by atoms with Crippen LogP contribution in [0.5, 0.6) is 5.75 Å². The number of rotatable bonds is 8. The van der Waals surface area contributed by atoms with Crippen molar-refractivity contribution in [2.45, 2.75) is 12.5 Å². The van der Waals surface area contributed by atoms with Crippen molar-refractivity contribution >= 4 is 34.9 Å². The number of esters is 1. The topological polar surface area (TPSA) is 75.8 Å². The van der Waals surface area contributed by atoms with Crippen molar-refractivity contribution < 1.29 is 14.6 Å². The van der Waals surface area contributed by atoms with E-state index in [1.165, 1.54) is 7.11 Å². The quantitative estimate of drug-likeness (QED) is 0.559. The lowest BCUT2D eigenvalue weighted by Crippen LogP contribution is -2.33. The molecule has 0 amide bonds. The van der Waals surface area contributed by atoms with Gasteiger partial charge in [-0.3, -0.25) is 4.79 Å². The van der Waals surface area contributed by atoms with Crippen LogP contribution in [0.4, 0.5) is 5.69 Å². The van der Waals surface area contributed by atoms with Crippen LogP contribution in [0.1, 0.15) is 5.56 Å². The number of anilines is 1. The SMILES string of the molecule is COC(=O)[C@@H](N)Cc1ccc(O)c(N(CCCl)CCCl)c1. The van der Waals surface area contributed by atoms with Crippen LogP contribution in [0.3, 0.4) is 0 Å². The van der Waals surface area contributed by atoms with Gasteiger partial charge >= 0.3 is 5.97 Å². The van der Waals surface area contributed by atoms with Gasteiger partial charge in [-0.1, -0.05) is 6.07 Å². The summed E-state index contributed by atoms with van der Waals surface area (Å²) in [5.74, 6) is 0.508. The third kappa shape index (κ3) is 5.26. The van der Waals surface area contributed by atoms with Crippen LogP contribution in [0.15, 0.2) is 18.2 Å². The van der Waals surface area contributed by atoms with Gasteiger partial charge in [0, 0.05) is 24.8 Å². The van der Waals surface area contributed by atoms with E-state index in [1.54, 1.807) is 18.2 Å². The molecule has 0 spiro atoms. The van der Waals surface area contributed by atoms with E-state index >= 15 is 0 Å². The fourth-order valence-electron chi connectivity index (χ4n) is 1.99. The maximum absolute atomic E-state index is 11.4. The number of hydrogen-bond acceptors (Lipinski definition) is 5. The van der Waals surface area contributed by atoms with Gasteiger partial charge in [0.15, 0.2) is 0 Å². The molecule has 0 fully saturated rings. The minimum atomic E-state index is -0.734. The Morgan fingerprint density at radius 3 is 2.52 bits per heavy atom. The summed E-state index contributed by atoms with van der Waals surface area (Å²) in [7, 11) is 1.30. The highest BCUT2D eigenvalue weighted by Crippen LogP contribution is 2.28. The minimum Gasteiger partial charge on any atom is -0.506 e. The predicted molar refractivity (Wildman–Crippen MR) is 85.5 cm³/mol. The van der Waals surface area contributed by atoms with Gasteiger partial charge in [0.1, 0.15) is 11.8 Å².